The molecule has 0 saturated carbocycles. The molecule has 2 rings (SSSR count). The van der Waals surface area contributed by atoms with Crippen molar-refractivity contribution >= 4 is 11.8 Å². The standard InChI is InChI=1S/C11H14FN3O2/c12-8-4-9(14-11(16)17)7-15(6-8)10-2-1-3-13-5-10/h1-3,5,8-9,14H,4,6-7H2,(H,16,17)/t8-,9-/m0/s1. The second-order valence-electron chi connectivity index (χ2n) is 4.10. The fourth-order valence-corrected chi connectivity index (χ4v) is 2.07. The molecule has 2 heterocycles. The molecule has 0 spiro atoms. The molecule has 0 aromatic carbocycles. The molecule has 0 unspecified atom stereocenters. The van der Waals surface area contributed by atoms with Crippen LogP contribution in [0, 0.1) is 0 Å². The molecule has 6 heteroatoms. The van der Waals surface area contributed by atoms with E-state index in [4.69, 9.17) is 5.11 Å². The van der Waals surface area contributed by atoms with Crippen molar-refractivity contribution in [3.63, 3.8) is 0 Å². The summed E-state index contributed by atoms with van der Waals surface area (Å²) in [4.78, 5) is 16.3. The van der Waals surface area contributed by atoms with Crippen molar-refractivity contribution in [2.24, 2.45) is 0 Å². The van der Waals surface area contributed by atoms with Gasteiger partial charge in [0, 0.05) is 25.7 Å². The van der Waals surface area contributed by atoms with E-state index in [0.29, 0.717) is 6.54 Å². The van der Waals surface area contributed by atoms with Gasteiger partial charge >= 0.3 is 6.09 Å². The van der Waals surface area contributed by atoms with E-state index in [-0.39, 0.29) is 19.0 Å². The minimum absolute atomic E-state index is 0.225. The van der Waals surface area contributed by atoms with Gasteiger partial charge in [-0.05, 0) is 12.1 Å². The molecule has 92 valence electrons. The Morgan fingerprint density at radius 3 is 3.06 bits per heavy atom. The molecule has 1 fully saturated rings. The molecule has 1 aliphatic rings. The second kappa shape index (κ2) is 4.99. The molecule has 2 atom stereocenters. The van der Waals surface area contributed by atoms with E-state index in [1.807, 2.05) is 11.0 Å². The number of anilines is 1. The van der Waals surface area contributed by atoms with Crippen LogP contribution in [-0.2, 0) is 0 Å². The topological polar surface area (TPSA) is 65.5 Å². The predicted molar refractivity (Wildman–Crippen MR) is 60.9 cm³/mol. The van der Waals surface area contributed by atoms with Crippen LogP contribution in [-0.4, -0.2) is 41.5 Å². The van der Waals surface area contributed by atoms with Crippen LogP contribution in [0.5, 0.6) is 0 Å². The van der Waals surface area contributed by atoms with E-state index in [1.54, 1.807) is 18.5 Å². The molecule has 1 aromatic rings. The van der Waals surface area contributed by atoms with Gasteiger partial charge in [0.1, 0.15) is 6.17 Å². The molecule has 0 bridgehead atoms. The fourth-order valence-electron chi connectivity index (χ4n) is 2.07. The number of rotatable bonds is 2. The van der Waals surface area contributed by atoms with Crippen LogP contribution in [0.4, 0.5) is 14.9 Å². The zero-order valence-electron chi connectivity index (χ0n) is 9.21. The Bertz CT molecular complexity index is 388. The molecule has 1 aliphatic heterocycles. The maximum atomic E-state index is 13.5. The molecule has 1 aromatic heterocycles. The Balaban J connectivity index is 2.06. The molecule has 0 aliphatic carbocycles. The third-order valence-corrected chi connectivity index (χ3v) is 2.74. The Morgan fingerprint density at radius 1 is 1.59 bits per heavy atom. The number of nitrogens with zero attached hydrogens (tertiary/aromatic N) is 2. The quantitative estimate of drug-likeness (QED) is 0.815. The van der Waals surface area contributed by atoms with Gasteiger partial charge in [-0.1, -0.05) is 0 Å². The fraction of sp³-hybridized carbons (Fsp3) is 0.455. The summed E-state index contributed by atoms with van der Waals surface area (Å²) in [5.74, 6) is 0. The largest absolute Gasteiger partial charge is 0.465 e. The van der Waals surface area contributed by atoms with Gasteiger partial charge in [-0.15, -0.1) is 0 Å². The average Bonchev–Trinajstić information content (AvgIpc) is 2.28. The highest BCUT2D eigenvalue weighted by Crippen LogP contribution is 2.20. The van der Waals surface area contributed by atoms with Crippen LogP contribution in [0.3, 0.4) is 0 Å². The lowest BCUT2D eigenvalue weighted by Crippen LogP contribution is -2.51. The zero-order chi connectivity index (χ0) is 12.3. The second-order valence-corrected chi connectivity index (χ2v) is 4.10. The Hall–Kier alpha value is -1.85. The number of hydrogen-bond acceptors (Lipinski definition) is 3. The molecule has 0 radical (unpaired) electrons. The first-order chi connectivity index (χ1) is 8.15. The van der Waals surface area contributed by atoms with Crippen molar-refractivity contribution < 1.29 is 14.3 Å². The molecule has 2 N–H and O–H groups in total. The summed E-state index contributed by atoms with van der Waals surface area (Å²) in [6.45, 7) is 0.752. The van der Waals surface area contributed by atoms with E-state index in [1.165, 1.54) is 0 Å². The number of halogens is 1. The lowest BCUT2D eigenvalue weighted by atomic mass is 10.0. The van der Waals surface area contributed by atoms with Crippen molar-refractivity contribution in [3.05, 3.63) is 24.5 Å². The number of alkyl halides is 1. The first-order valence-electron chi connectivity index (χ1n) is 5.43. The highest BCUT2D eigenvalue weighted by atomic mass is 19.1. The van der Waals surface area contributed by atoms with E-state index in [0.717, 1.165) is 5.69 Å². The highest BCUT2D eigenvalue weighted by molar-refractivity contribution is 5.65. The van der Waals surface area contributed by atoms with Crippen molar-refractivity contribution in [1.82, 2.24) is 10.3 Å². The van der Waals surface area contributed by atoms with Gasteiger partial charge in [0.15, 0.2) is 0 Å². The van der Waals surface area contributed by atoms with Crippen LogP contribution >= 0.6 is 0 Å². The summed E-state index contributed by atoms with van der Waals surface area (Å²) < 4.78 is 13.5. The van der Waals surface area contributed by atoms with Gasteiger partial charge in [0.05, 0.1) is 17.9 Å². The van der Waals surface area contributed by atoms with E-state index >= 15 is 0 Å². The molecule has 1 amide bonds. The van der Waals surface area contributed by atoms with Crippen LogP contribution < -0.4 is 10.2 Å². The molecular weight excluding hydrogens is 225 g/mol. The van der Waals surface area contributed by atoms with Crippen molar-refractivity contribution in [2.75, 3.05) is 18.0 Å². The van der Waals surface area contributed by atoms with Crippen LogP contribution in [0.1, 0.15) is 6.42 Å². The molecule has 5 nitrogen and oxygen atoms in total. The normalized spacial score (nSPS) is 24.4. The van der Waals surface area contributed by atoms with Crippen LogP contribution in [0.15, 0.2) is 24.5 Å². The first kappa shape index (κ1) is 11.6. The van der Waals surface area contributed by atoms with E-state index in [2.05, 4.69) is 10.3 Å². The highest BCUT2D eigenvalue weighted by Gasteiger charge is 2.28. The Morgan fingerprint density at radius 2 is 2.41 bits per heavy atom. The first-order valence-corrected chi connectivity index (χ1v) is 5.43. The number of piperidine rings is 1. The van der Waals surface area contributed by atoms with E-state index in [9.17, 15) is 9.18 Å². The number of carbonyl (C=O) groups is 1. The van der Waals surface area contributed by atoms with Gasteiger partial charge < -0.3 is 15.3 Å². The van der Waals surface area contributed by atoms with Gasteiger partial charge in [-0.25, -0.2) is 9.18 Å². The maximum Gasteiger partial charge on any atom is 0.404 e. The number of aromatic nitrogens is 1. The number of nitrogens with one attached hydrogen (secondary N) is 1. The monoisotopic (exact) mass is 239 g/mol. The van der Waals surface area contributed by atoms with Crippen molar-refractivity contribution in [2.45, 2.75) is 18.6 Å². The van der Waals surface area contributed by atoms with Crippen LogP contribution in [0.25, 0.3) is 0 Å². The van der Waals surface area contributed by atoms with Gasteiger partial charge in [0.2, 0.25) is 0 Å². The number of hydrogen-bond donors (Lipinski definition) is 2. The number of pyridine rings is 1. The minimum atomic E-state index is -1.12. The summed E-state index contributed by atoms with van der Waals surface area (Å²) >= 11 is 0. The predicted octanol–water partition coefficient (Wildman–Crippen LogP) is 1.27. The summed E-state index contributed by atoms with van der Waals surface area (Å²) in [6.07, 6.45) is 1.38. The Labute approximate surface area is 98.3 Å². The number of carboxylic acid groups (broad SMARTS) is 1. The summed E-state index contributed by atoms with van der Waals surface area (Å²) in [5.41, 5.74) is 0.812. The van der Waals surface area contributed by atoms with Gasteiger partial charge in [-0.3, -0.25) is 4.98 Å². The van der Waals surface area contributed by atoms with Gasteiger partial charge in [-0.2, -0.15) is 0 Å². The lowest BCUT2D eigenvalue weighted by Gasteiger charge is -2.35. The SMILES string of the molecule is O=C(O)N[C@H]1C[C@H](F)CN(c2cccnc2)C1. The molecule has 1 saturated heterocycles. The lowest BCUT2D eigenvalue weighted by molar-refractivity contribution is 0.181. The smallest absolute Gasteiger partial charge is 0.404 e. The van der Waals surface area contributed by atoms with Gasteiger partial charge in [0.25, 0.3) is 0 Å². The molecule has 17 heavy (non-hydrogen) atoms. The maximum absolute atomic E-state index is 13.5. The number of amides is 1. The summed E-state index contributed by atoms with van der Waals surface area (Å²) in [5, 5.41) is 11.0. The summed E-state index contributed by atoms with van der Waals surface area (Å²) in [6, 6.07) is 3.23. The van der Waals surface area contributed by atoms with E-state index < -0.39 is 12.3 Å². The van der Waals surface area contributed by atoms with Crippen LogP contribution in [0.2, 0.25) is 0 Å². The zero-order valence-corrected chi connectivity index (χ0v) is 9.21. The third-order valence-electron chi connectivity index (χ3n) is 2.74. The van der Waals surface area contributed by atoms with Crippen molar-refractivity contribution in [3.8, 4) is 0 Å². The van der Waals surface area contributed by atoms with Crippen molar-refractivity contribution in [1.29, 1.82) is 0 Å². The third kappa shape index (κ3) is 3.05. The molecular formula is C11H14FN3O2. The summed E-state index contributed by atoms with van der Waals surface area (Å²) in [7, 11) is 0. The average molecular weight is 239 g/mol. The Kier molecular flexibility index (Phi) is 3.41. The minimum Gasteiger partial charge on any atom is -0.465 e.